The topological polar surface area (TPSA) is 51.8 Å². The summed E-state index contributed by atoms with van der Waals surface area (Å²) in [6, 6.07) is 11.8. The molecule has 1 saturated heterocycles. The molecule has 0 radical (unpaired) electrons. The fourth-order valence-corrected chi connectivity index (χ4v) is 4.65. The summed E-state index contributed by atoms with van der Waals surface area (Å²) in [5, 5.41) is 10.9. The van der Waals surface area contributed by atoms with E-state index in [4.69, 9.17) is 21.7 Å². The van der Waals surface area contributed by atoms with Crippen LogP contribution in [-0.4, -0.2) is 47.7 Å². The quantitative estimate of drug-likeness (QED) is 0.625. The highest BCUT2D eigenvalue weighted by molar-refractivity contribution is 7.71. The van der Waals surface area contributed by atoms with Crippen molar-refractivity contribution in [3.8, 4) is 23.0 Å². The zero-order chi connectivity index (χ0) is 21.4. The highest BCUT2D eigenvalue weighted by Gasteiger charge is 2.20. The minimum atomic E-state index is 0.137. The Labute approximate surface area is 181 Å². The van der Waals surface area contributed by atoms with Gasteiger partial charge in [-0.25, -0.2) is 0 Å². The molecule has 2 heterocycles. The molecule has 0 spiro atoms. The van der Waals surface area contributed by atoms with Gasteiger partial charge in [0.25, 0.3) is 0 Å². The lowest BCUT2D eigenvalue weighted by atomic mass is 10.1. The minimum Gasteiger partial charge on any atom is -0.497 e. The third-order valence-electron chi connectivity index (χ3n) is 5.65. The van der Waals surface area contributed by atoms with Crippen LogP contribution in [0, 0.1) is 25.5 Å². The van der Waals surface area contributed by atoms with Gasteiger partial charge in [-0.1, -0.05) is 0 Å². The molecule has 0 amide bonds. The second kappa shape index (κ2) is 8.16. The molecule has 1 aliphatic rings. The lowest BCUT2D eigenvalue weighted by Crippen LogP contribution is -2.37. The molecule has 0 bridgehead atoms. The summed E-state index contributed by atoms with van der Waals surface area (Å²) in [5.74, 6) is 0.892. The van der Waals surface area contributed by atoms with Crippen molar-refractivity contribution in [3.05, 3.63) is 58.0 Å². The maximum atomic E-state index is 10.9. The minimum absolute atomic E-state index is 0.137. The molecule has 3 aromatic rings. The Bertz CT molecular complexity index is 1100. The number of morpholine rings is 1. The number of benzene rings is 2. The molecule has 158 valence electrons. The van der Waals surface area contributed by atoms with Crippen LogP contribution >= 0.6 is 12.2 Å². The van der Waals surface area contributed by atoms with Crippen molar-refractivity contribution >= 4 is 17.9 Å². The van der Waals surface area contributed by atoms with E-state index in [0.29, 0.717) is 10.5 Å². The maximum Gasteiger partial charge on any atom is 0.218 e. The third kappa shape index (κ3) is 3.48. The number of hydrogen-bond donors (Lipinski definition) is 1. The molecule has 1 aliphatic heterocycles. The second-order valence-electron chi connectivity index (χ2n) is 7.59. The molecular formula is C23H27N3O3S. The Morgan fingerprint density at radius 3 is 2.10 bits per heavy atom. The average Bonchev–Trinajstić information content (AvgIpc) is 2.96. The van der Waals surface area contributed by atoms with Crippen molar-refractivity contribution in [1.82, 2.24) is 9.13 Å². The molecule has 2 aromatic carbocycles. The van der Waals surface area contributed by atoms with Crippen molar-refractivity contribution in [3.63, 3.8) is 0 Å². The molecule has 1 fully saturated rings. The Morgan fingerprint density at radius 2 is 1.53 bits per heavy atom. The maximum absolute atomic E-state index is 10.9. The van der Waals surface area contributed by atoms with Gasteiger partial charge in [-0.2, -0.15) is 0 Å². The van der Waals surface area contributed by atoms with Crippen LogP contribution in [0.3, 0.4) is 0 Å². The van der Waals surface area contributed by atoms with E-state index in [-0.39, 0.29) is 5.88 Å². The lowest BCUT2D eigenvalue weighted by Gasteiger charge is -2.32. The molecule has 7 heteroatoms. The summed E-state index contributed by atoms with van der Waals surface area (Å²) in [6.45, 7) is 9.43. The van der Waals surface area contributed by atoms with Crippen LogP contribution in [0.2, 0.25) is 0 Å². The van der Waals surface area contributed by atoms with Gasteiger partial charge in [-0.15, -0.1) is 0 Å². The number of rotatable bonds is 4. The number of hydrogen-bond acceptors (Lipinski definition) is 5. The van der Waals surface area contributed by atoms with Gasteiger partial charge in [0.2, 0.25) is 5.88 Å². The summed E-state index contributed by atoms with van der Waals surface area (Å²) in [7, 11) is 1.63. The van der Waals surface area contributed by atoms with E-state index in [1.807, 2.05) is 35.8 Å². The van der Waals surface area contributed by atoms with Gasteiger partial charge < -0.3 is 19.5 Å². The first-order valence-corrected chi connectivity index (χ1v) is 10.4. The molecule has 4 rings (SSSR count). The highest BCUT2D eigenvalue weighted by Crippen LogP contribution is 2.33. The van der Waals surface area contributed by atoms with E-state index in [2.05, 4.69) is 30.9 Å². The van der Waals surface area contributed by atoms with Crippen LogP contribution in [0.1, 0.15) is 16.8 Å². The smallest absolute Gasteiger partial charge is 0.218 e. The molecule has 1 aromatic heterocycles. The van der Waals surface area contributed by atoms with Crippen molar-refractivity contribution < 1.29 is 14.6 Å². The summed E-state index contributed by atoms with van der Waals surface area (Å²) < 4.78 is 14.9. The van der Waals surface area contributed by atoms with E-state index in [1.54, 1.807) is 11.7 Å². The number of aromatic nitrogens is 2. The molecule has 0 aliphatic carbocycles. The van der Waals surface area contributed by atoms with Gasteiger partial charge in [0.15, 0.2) is 4.77 Å². The largest absolute Gasteiger partial charge is 0.497 e. The molecule has 0 atom stereocenters. The Balaban J connectivity index is 1.80. The van der Waals surface area contributed by atoms with Gasteiger partial charge in [0.05, 0.1) is 31.7 Å². The van der Waals surface area contributed by atoms with Crippen LogP contribution < -0.4 is 9.64 Å². The number of ether oxygens (including phenoxy) is 2. The molecule has 0 saturated carbocycles. The van der Waals surface area contributed by atoms with Crippen LogP contribution in [0.4, 0.5) is 5.69 Å². The zero-order valence-electron chi connectivity index (χ0n) is 17.8. The number of imidazole rings is 1. The summed E-state index contributed by atoms with van der Waals surface area (Å²) in [4.78, 5) is 2.38. The number of anilines is 1. The van der Waals surface area contributed by atoms with Gasteiger partial charge >= 0.3 is 0 Å². The van der Waals surface area contributed by atoms with Gasteiger partial charge in [0, 0.05) is 24.5 Å². The molecule has 0 unspecified atom stereocenters. The SMILES string of the molecule is COc1ccc(-n2c(O)c(C)n(-c3cc(C)c(N4CCOCC4)c(C)c3)c2=S)cc1. The predicted molar refractivity (Wildman–Crippen MR) is 121 cm³/mol. The van der Waals surface area contributed by atoms with E-state index >= 15 is 0 Å². The summed E-state index contributed by atoms with van der Waals surface area (Å²) in [6.07, 6.45) is 0. The second-order valence-corrected chi connectivity index (χ2v) is 7.95. The number of aromatic hydroxyl groups is 1. The first-order chi connectivity index (χ1) is 14.4. The normalized spacial score (nSPS) is 14.2. The number of methoxy groups -OCH3 is 1. The highest BCUT2D eigenvalue weighted by atomic mass is 32.1. The lowest BCUT2D eigenvalue weighted by molar-refractivity contribution is 0.122. The fourth-order valence-electron chi connectivity index (χ4n) is 4.21. The van der Waals surface area contributed by atoms with Gasteiger partial charge in [-0.3, -0.25) is 9.13 Å². The van der Waals surface area contributed by atoms with E-state index < -0.39 is 0 Å². The van der Waals surface area contributed by atoms with Crippen LogP contribution in [0.25, 0.3) is 11.4 Å². The van der Waals surface area contributed by atoms with Crippen LogP contribution in [0.5, 0.6) is 11.6 Å². The summed E-state index contributed by atoms with van der Waals surface area (Å²) in [5.41, 5.74) is 6.07. The predicted octanol–water partition coefficient (Wildman–Crippen LogP) is 4.47. The third-order valence-corrected chi connectivity index (χ3v) is 6.01. The standard InChI is InChI=1S/C23H27N3O3S/c1-15-13-19(14-16(2)21(15)24-9-11-29-12-10-24)25-17(3)22(27)26(23(25)30)18-5-7-20(28-4)8-6-18/h5-8,13-14,27H,9-12H2,1-4H3. The average molecular weight is 426 g/mol. The number of aryl methyl sites for hydroxylation is 2. The number of nitrogens with zero attached hydrogens (tertiary/aromatic N) is 3. The van der Waals surface area contributed by atoms with Gasteiger partial charge in [0.1, 0.15) is 5.75 Å². The Morgan fingerprint density at radius 1 is 0.933 bits per heavy atom. The van der Waals surface area contributed by atoms with E-state index in [9.17, 15) is 5.11 Å². The first-order valence-electron chi connectivity index (χ1n) is 10.0. The Kier molecular flexibility index (Phi) is 5.58. The van der Waals surface area contributed by atoms with Crippen LogP contribution in [-0.2, 0) is 4.74 Å². The van der Waals surface area contributed by atoms with Crippen molar-refractivity contribution in [2.45, 2.75) is 20.8 Å². The molecule has 30 heavy (non-hydrogen) atoms. The van der Waals surface area contributed by atoms with Crippen LogP contribution in [0.15, 0.2) is 36.4 Å². The first kappa shape index (κ1) is 20.5. The van der Waals surface area contributed by atoms with Crippen molar-refractivity contribution in [2.24, 2.45) is 0 Å². The van der Waals surface area contributed by atoms with E-state index in [0.717, 1.165) is 43.4 Å². The summed E-state index contributed by atoms with van der Waals surface area (Å²) >= 11 is 5.78. The van der Waals surface area contributed by atoms with Crippen molar-refractivity contribution in [2.75, 3.05) is 38.3 Å². The van der Waals surface area contributed by atoms with E-state index in [1.165, 1.54) is 16.8 Å². The Hall–Kier alpha value is -2.77. The fraction of sp³-hybridized carbons (Fsp3) is 0.348. The zero-order valence-corrected chi connectivity index (χ0v) is 18.6. The molecular weight excluding hydrogens is 398 g/mol. The monoisotopic (exact) mass is 425 g/mol. The molecule has 1 N–H and O–H groups in total. The molecule has 6 nitrogen and oxygen atoms in total. The van der Waals surface area contributed by atoms with Crippen molar-refractivity contribution in [1.29, 1.82) is 0 Å². The van der Waals surface area contributed by atoms with Gasteiger partial charge in [-0.05, 0) is 80.5 Å².